The smallest absolute Gasteiger partial charge is 0.343 e. The van der Waals surface area contributed by atoms with Gasteiger partial charge in [-0.25, -0.2) is 9.59 Å². The zero-order chi connectivity index (χ0) is 21.7. The first-order chi connectivity index (χ1) is 15.0. The van der Waals surface area contributed by atoms with Crippen LogP contribution in [0.1, 0.15) is 40.0 Å². The Bertz CT molecular complexity index is 1050. The summed E-state index contributed by atoms with van der Waals surface area (Å²) in [5.41, 5.74) is 1.13. The molecule has 0 spiro atoms. The third-order valence-electron chi connectivity index (χ3n) is 6.77. The summed E-state index contributed by atoms with van der Waals surface area (Å²) in [6.07, 6.45) is 3.06. The summed E-state index contributed by atoms with van der Waals surface area (Å²) in [7, 11) is 1.29. The van der Waals surface area contributed by atoms with Crippen LogP contribution in [0.4, 0.5) is 5.69 Å². The summed E-state index contributed by atoms with van der Waals surface area (Å²) in [4.78, 5) is 51.1. The predicted octanol–water partition coefficient (Wildman–Crippen LogP) is 3.23. The molecule has 2 aromatic rings. The molecule has 1 heterocycles. The van der Waals surface area contributed by atoms with Crippen LogP contribution < -0.4 is 9.64 Å². The van der Waals surface area contributed by atoms with Crippen molar-refractivity contribution < 1.29 is 28.7 Å². The number of carbonyl (C=O) groups excluding carboxylic acids is 4. The molecule has 5 rings (SSSR count). The molecular weight excluding hydrogens is 398 g/mol. The zero-order valence-electron chi connectivity index (χ0n) is 16.9. The Labute approximate surface area is 178 Å². The lowest BCUT2D eigenvalue weighted by molar-refractivity contribution is -0.123. The first-order valence-corrected chi connectivity index (χ1v) is 10.4. The lowest BCUT2D eigenvalue weighted by Gasteiger charge is -2.19. The number of rotatable bonds is 4. The van der Waals surface area contributed by atoms with Gasteiger partial charge in [-0.1, -0.05) is 0 Å². The summed E-state index contributed by atoms with van der Waals surface area (Å²) >= 11 is 0. The average Bonchev–Trinajstić information content (AvgIpc) is 3.47. The van der Waals surface area contributed by atoms with E-state index in [1.807, 2.05) is 0 Å². The summed E-state index contributed by atoms with van der Waals surface area (Å²) in [5.74, 6) is -0.676. The van der Waals surface area contributed by atoms with Crippen LogP contribution in [0.15, 0.2) is 48.5 Å². The fourth-order valence-electron chi connectivity index (χ4n) is 5.35. The van der Waals surface area contributed by atoms with Crippen LogP contribution in [-0.2, 0) is 14.3 Å². The minimum atomic E-state index is -0.577. The number of benzene rings is 2. The first-order valence-electron chi connectivity index (χ1n) is 10.4. The highest BCUT2D eigenvalue weighted by Crippen LogP contribution is 2.56. The molecule has 2 aliphatic carbocycles. The van der Waals surface area contributed by atoms with Crippen molar-refractivity contribution in [1.29, 1.82) is 0 Å². The average molecular weight is 419 g/mol. The van der Waals surface area contributed by atoms with Crippen LogP contribution in [0.25, 0.3) is 0 Å². The Morgan fingerprint density at radius 1 is 0.806 bits per heavy atom. The van der Waals surface area contributed by atoms with E-state index >= 15 is 0 Å². The predicted molar refractivity (Wildman–Crippen MR) is 109 cm³/mol. The molecule has 7 heteroatoms. The van der Waals surface area contributed by atoms with E-state index in [1.54, 1.807) is 24.3 Å². The van der Waals surface area contributed by atoms with Crippen molar-refractivity contribution in [2.24, 2.45) is 23.7 Å². The Kier molecular flexibility index (Phi) is 4.61. The largest absolute Gasteiger partial charge is 0.465 e. The number of methoxy groups -OCH3 is 1. The highest BCUT2D eigenvalue weighted by atomic mass is 16.5. The van der Waals surface area contributed by atoms with Crippen molar-refractivity contribution in [2.45, 2.75) is 19.3 Å². The van der Waals surface area contributed by atoms with Crippen molar-refractivity contribution >= 4 is 29.4 Å². The van der Waals surface area contributed by atoms with E-state index in [0.717, 1.165) is 19.3 Å². The number of fused-ring (bicyclic) bond motifs is 5. The standard InChI is InChI=1S/C24H21NO6/c1-30-23(28)13-6-10-18(11-7-13)31-24(29)14-4-8-17(9-5-14)25-21(26)19-15-2-3-16(12-15)20(19)22(25)27/h4-11,15-16,19-20H,2-3,12H2,1H3/t15-,16-,19-,20+/m0/s1. The Morgan fingerprint density at radius 2 is 1.32 bits per heavy atom. The zero-order valence-corrected chi connectivity index (χ0v) is 16.9. The molecular formula is C24H21NO6. The Hall–Kier alpha value is -3.48. The molecule has 0 unspecified atom stereocenters. The molecule has 158 valence electrons. The number of hydrogen-bond acceptors (Lipinski definition) is 6. The van der Waals surface area contributed by atoms with E-state index in [1.165, 1.54) is 36.3 Å². The fourth-order valence-corrected chi connectivity index (χ4v) is 5.35. The van der Waals surface area contributed by atoms with Gasteiger partial charge in [-0.3, -0.25) is 14.5 Å². The summed E-state index contributed by atoms with van der Waals surface area (Å²) in [6.45, 7) is 0. The van der Waals surface area contributed by atoms with Crippen LogP contribution >= 0.6 is 0 Å². The molecule has 2 amide bonds. The Balaban J connectivity index is 1.29. The van der Waals surface area contributed by atoms with Crippen LogP contribution in [0.5, 0.6) is 5.75 Å². The van der Waals surface area contributed by atoms with E-state index < -0.39 is 11.9 Å². The molecule has 0 aromatic heterocycles. The highest BCUT2D eigenvalue weighted by Gasteiger charge is 2.61. The number of hydrogen-bond donors (Lipinski definition) is 0. The quantitative estimate of drug-likeness (QED) is 0.429. The minimum Gasteiger partial charge on any atom is -0.465 e. The molecule has 31 heavy (non-hydrogen) atoms. The second kappa shape index (κ2) is 7.34. The summed E-state index contributed by atoms with van der Waals surface area (Å²) in [5, 5.41) is 0. The first kappa shape index (κ1) is 19.5. The van der Waals surface area contributed by atoms with Gasteiger partial charge in [0.25, 0.3) is 0 Å². The highest BCUT2D eigenvalue weighted by molar-refractivity contribution is 6.22. The number of ether oxygens (including phenoxy) is 2. The number of anilines is 1. The van der Waals surface area contributed by atoms with Gasteiger partial charge >= 0.3 is 11.9 Å². The third-order valence-corrected chi connectivity index (χ3v) is 6.77. The Morgan fingerprint density at radius 3 is 1.87 bits per heavy atom. The normalized spacial score (nSPS) is 26.2. The molecule has 1 saturated heterocycles. The van der Waals surface area contributed by atoms with Gasteiger partial charge in [-0.15, -0.1) is 0 Å². The number of nitrogens with zero attached hydrogens (tertiary/aromatic N) is 1. The van der Waals surface area contributed by atoms with E-state index in [4.69, 9.17) is 4.74 Å². The van der Waals surface area contributed by atoms with Gasteiger partial charge in [-0.2, -0.15) is 0 Å². The molecule has 2 bridgehead atoms. The van der Waals surface area contributed by atoms with Gasteiger partial charge in [0.15, 0.2) is 0 Å². The van der Waals surface area contributed by atoms with Crippen LogP contribution in [0.3, 0.4) is 0 Å². The molecule has 3 aliphatic rings. The lowest BCUT2D eigenvalue weighted by atomic mass is 9.81. The molecule has 2 aromatic carbocycles. The third kappa shape index (κ3) is 3.12. The van der Waals surface area contributed by atoms with Gasteiger partial charge < -0.3 is 9.47 Å². The van der Waals surface area contributed by atoms with Crippen LogP contribution in [0.2, 0.25) is 0 Å². The molecule has 2 saturated carbocycles. The summed E-state index contributed by atoms with van der Waals surface area (Å²) < 4.78 is 9.97. The molecule has 4 atom stereocenters. The van der Waals surface area contributed by atoms with Gasteiger partial charge in [0.2, 0.25) is 11.8 Å². The van der Waals surface area contributed by atoms with Crippen molar-refractivity contribution in [3.63, 3.8) is 0 Å². The minimum absolute atomic E-state index is 0.108. The molecule has 0 N–H and O–H groups in total. The van der Waals surface area contributed by atoms with E-state index in [-0.39, 0.29) is 29.4 Å². The van der Waals surface area contributed by atoms with Crippen molar-refractivity contribution in [1.82, 2.24) is 0 Å². The number of carbonyl (C=O) groups is 4. The monoisotopic (exact) mass is 419 g/mol. The number of imide groups is 1. The van der Waals surface area contributed by atoms with Crippen LogP contribution in [0, 0.1) is 23.7 Å². The molecule has 0 radical (unpaired) electrons. The SMILES string of the molecule is COC(=O)c1ccc(OC(=O)c2ccc(N3C(=O)[C@@H]4[C@H]5CC[C@@H](C5)[C@@H]4C3=O)cc2)cc1. The molecule has 3 fully saturated rings. The van der Waals surface area contributed by atoms with Gasteiger partial charge in [0.1, 0.15) is 5.75 Å². The second-order valence-electron chi connectivity index (χ2n) is 8.35. The summed E-state index contributed by atoms with van der Waals surface area (Å²) in [6, 6.07) is 12.3. The lowest BCUT2D eigenvalue weighted by Crippen LogP contribution is -2.32. The topological polar surface area (TPSA) is 90.0 Å². The molecule has 1 aliphatic heterocycles. The number of esters is 2. The maximum absolute atomic E-state index is 12.9. The van der Waals surface area contributed by atoms with E-state index in [0.29, 0.717) is 28.7 Å². The van der Waals surface area contributed by atoms with E-state index in [2.05, 4.69) is 4.74 Å². The van der Waals surface area contributed by atoms with Crippen molar-refractivity contribution in [3.05, 3.63) is 59.7 Å². The van der Waals surface area contributed by atoms with Crippen molar-refractivity contribution in [3.8, 4) is 5.75 Å². The number of amides is 2. The van der Waals surface area contributed by atoms with Gasteiger partial charge in [-0.05, 0) is 79.6 Å². The fraction of sp³-hybridized carbons (Fsp3) is 0.333. The maximum Gasteiger partial charge on any atom is 0.343 e. The second-order valence-corrected chi connectivity index (χ2v) is 8.35. The van der Waals surface area contributed by atoms with Crippen LogP contribution in [-0.4, -0.2) is 30.9 Å². The van der Waals surface area contributed by atoms with Gasteiger partial charge in [0, 0.05) is 0 Å². The van der Waals surface area contributed by atoms with Gasteiger partial charge in [0.05, 0.1) is 35.8 Å². The van der Waals surface area contributed by atoms with Crippen molar-refractivity contribution in [2.75, 3.05) is 12.0 Å². The molecule has 7 nitrogen and oxygen atoms in total. The van der Waals surface area contributed by atoms with E-state index in [9.17, 15) is 19.2 Å². The maximum atomic E-state index is 12.9.